The van der Waals surface area contributed by atoms with E-state index >= 15 is 0 Å². The van der Waals surface area contributed by atoms with Gasteiger partial charge in [-0.25, -0.2) is 15.0 Å². The van der Waals surface area contributed by atoms with E-state index in [1.165, 1.54) is 23.3 Å². The highest BCUT2D eigenvalue weighted by Crippen LogP contribution is 2.33. The van der Waals surface area contributed by atoms with E-state index in [1.807, 2.05) is 0 Å². The topological polar surface area (TPSA) is 71.5 Å². The van der Waals surface area contributed by atoms with Gasteiger partial charge in [-0.1, -0.05) is 6.42 Å². The molecule has 106 valence electrons. The Hall–Kier alpha value is -2.08. The Bertz CT molecular complexity index is 853. The summed E-state index contributed by atoms with van der Waals surface area (Å²) in [4.78, 5) is 30.3. The Morgan fingerprint density at radius 3 is 2.76 bits per heavy atom. The molecule has 0 amide bonds. The van der Waals surface area contributed by atoms with Crippen LogP contribution in [0.2, 0.25) is 0 Å². The highest BCUT2D eigenvalue weighted by molar-refractivity contribution is 7.18. The van der Waals surface area contributed by atoms with Gasteiger partial charge in [-0.05, 0) is 37.3 Å². The summed E-state index contributed by atoms with van der Waals surface area (Å²) in [6.07, 6.45) is 8.94. The predicted molar refractivity (Wildman–Crippen MR) is 82.5 cm³/mol. The number of H-pyrrole nitrogens is 1. The molecule has 0 saturated heterocycles. The van der Waals surface area contributed by atoms with Gasteiger partial charge < -0.3 is 4.98 Å². The lowest BCUT2D eigenvalue weighted by Gasteiger charge is -2.00. The van der Waals surface area contributed by atoms with Gasteiger partial charge >= 0.3 is 0 Å². The van der Waals surface area contributed by atoms with E-state index in [0.717, 1.165) is 29.5 Å². The fourth-order valence-electron chi connectivity index (χ4n) is 2.87. The lowest BCUT2D eigenvalue weighted by atomic mass is 10.1. The first-order valence-corrected chi connectivity index (χ1v) is 7.96. The van der Waals surface area contributed by atoms with E-state index < -0.39 is 0 Å². The van der Waals surface area contributed by atoms with Crippen LogP contribution in [0.4, 0.5) is 0 Å². The summed E-state index contributed by atoms with van der Waals surface area (Å²) in [5.74, 6) is 0.907. The van der Waals surface area contributed by atoms with Gasteiger partial charge in [0, 0.05) is 17.3 Å². The second-order valence-corrected chi connectivity index (χ2v) is 6.32. The molecule has 0 atom stereocenters. The van der Waals surface area contributed by atoms with Crippen LogP contribution in [0.25, 0.3) is 21.9 Å². The summed E-state index contributed by atoms with van der Waals surface area (Å²) in [6, 6.07) is 1.74. The van der Waals surface area contributed by atoms with E-state index in [1.54, 1.807) is 29.8 Å². The van der Waals surface area contributed by atoms with Crippen LogP contribution in [0.1, 0.15) is 29.7 Å². The Labute approximate surface area is 125 Å². The first kappa shape index (κ1) is 12.6. The van der Waals surface area contributed by atoms with Crippen molar-refractivity contribution in [2.75, 3.05) is 0 Å². The maximum absolute atomic E-state index is 12.5. The Morgan fingerprint density at radius 1 is 1.10 bits per heavy atom. The van der Waals surface area contributed by atoms with Gasteiger partial charge in [-0.15, -0.1) is 11.3 Å². The lowest BCUT2D eigenvalue weighted by Crippen LogP contribution is -2.11. The maximum atomic E-state index is 12.5. The summed E-state index contributed by atoms with van der Waals surface area (Å²) in [7, 11) is 0. The van der Waals surface area contributed by atoms with Crippen LogP contribution in [0.5, 0.6) is 0 Å². The fourth-order valence-corrected chi connectivity index (χ4v) is 4.13. The van der Waals surface area contributed by atoms with Crippen molar-refractivity contribution in [3.8, 4) is 11.6 Å². The van der Waals surface area contributed by atoms with Gasteiger partial charge in [0.1, 0.15) is 4.83 Å². The third-order valence-corrected chi connectivity index (χ3v) is 5.04. The molecule has 3 heterocycles. The number of fused-ring (bicyclic) bond motifs is 3. The fraction of sp³-hybridized carbons (Fsp3) is 0.333. The molecule has 0 fully saturated rings. The third-order valence-electron chi connectivity index (χ3n) is 3.85. The molecule has 0 radical (unpaired) electrons. The van der Waals surface area contributed by atoms with E-state index in [0.29, 0.717) is 11.6 Å². The number of aromatic nitrogens is 4. The zero-order chi connectivity index (χ0) is 14.2. The SMILES string of the molecule is O=c1[nH]c(-c2ncccn2)nc2sc3c(c12)CCCCC3. The minimum atomic E-state index is -0.0677. The van der Waals surface area contributed by atoms with Crippen molar-refractivity contribution in [1.82, 2.24) is 19.9 Å². The van der Waals surface area contributed by atoms with Crippen LogP contribution < -0.4 is 5.56 Å². The molecule has 1 aliphatic rings. The zero-order valence-corrected chi connectivity index (χ0v) is 12.2. The van der Waals surface area contributed by atoms with Crippen molar-refractivity contribution in [3.63, 3.8) is 0 Å². The van der Waals surface area contributed by atoms with Gasteiger partial charge in [0.25, 0.3) is 5.56 Å². The van der Waals surface area contributed by atoms with Crippen molar-refractivity contribution < 1.29 is 0 Å². The van der Waals surface area contributed by atoms with Crippen LogP contribution in [-0.2, 0) is 12.8 Å². The molecule has 0 saturated carbocycles. The Morgan fingerprint density at radius 2 is 1.90 bits per heavy atom. The van der Waals surface area contributed by atoms with E-state index in [2.05, 4.69) is 19.9 Å². The van der Waals surface area contributed by atoms with Gasteiger partial charge in [-0.3, -0.25) is 4.79 Å². The molecule has 5 nitrogen and oxygen atoms in total. The number of hydrogen-bond acceptors (Lipinski definition) is 5. The average Bonchev–Trinajstić information content (AvgIpc) is 2.71. The van der Waals surface area contributed by atoms with Crippen LogP contribution in [-0.4, -0.2) is 19.9 Å². The van der Waals surface area contributed by atoms with Crippen LogP contribution in [0.3, 0.4) is 0 Å². The van der Waals surface area contributed by atoms with Crippen molar-refractivity contribution in [2.24, 2.45) is 0 Å². The smallest absolute Gasteiger partial charge is 0.260 e. The van der Waals surface area contributed by atoms with Crippen LogP contribution in [0, 0.1) is 0 Å². The van der Waals surface area contributed by atoms with E-state index in [-0.39, 0.29) is 5.56 Å². The Balaban J connectivity index is 1.94. The highest BCUT2D eigenvalue weighted by atomic mass is 32.1. The number of nitrogens with zero attached hydrogens (tertiary/aromatic N) is 3. The van der Waals surface area contributed by atoms with Gasteiger partial charge in [-0.2, -0.15) is 0 Å². The minimum Gasteiger partial charge on any atom is -0.303 e. The van der Waals surface area contributed by atoms with Crippen molar-refractivity contribution in [1.29, 1.82) is 0 Å². The second-order valence-electron chi connectivity index (χ2n) is 5.23. The zero-order valence-electron chi connectivity index (χ0n) is 11.4. The van der Waals surface area contributed by atoms with E-state index in [4.69, 9.17) is 0 Å². The molecular formula is C15H14N4OS. The predicted octanol–water partition coefficient (Wildman–Crippen LogP) is 2.71. The lowest BCUT2D eigenvalue weighted by molar-refractivity contribution is 0.713. The van der Waals surface area contributed by atoms with Crippen molar-refractivity contribution >= 4 is 21.6 Å². The average molecular weight is 298 g/mol. The minimum absolute atomic E-state index is 0.0677. The van der Waals surface area contributed by atoms with Gasteiger partial charge in [0.05, 0.1) is 5.39 Å². The van der Waals surface area contributed by atoms with Crippen LogP contribution in [0.15, 0.2) is 23.3 Å². The molecule has 3 aromatic rings. The molecule has 0 bridgehead atoms. The molecule has 6 heteroatoms. The number of nitrogens with one attached hydrogen (secondary N) is 1. The molecule has 0 unspecified atom stereocenters. The number of thiophene rings is 1. The summed E-state index contributed by atoms with van der Waals surface area (Å²) in [5.41, 5.74) is 1.14. The maximum Gasteiger partial charge on any atom is 0.260 e. The number of hydrogen-bond donors (Lipinski definition) is 1. The van der Waals surface area contributed by atoms with Gasteiger partial charge in [0.15, 0.2) is 11.6 Å². The summed E-state index contributed by atoms with van der Waals surface area (Å²) in [6.45, 7) is 0. The molecule has 0 aromatic carbocycles. The Kier molecular flexibility index (Phi) is 3.03. The molecule has 1 aliphatic carbocycles. The molecule has 0 aliphatic heterocycles. The molecule has 0 spiro atoms. The normalized spacial score (nSPS) is 14.9. The number of rotatable bonds is 1. The van der Waals surface area contributed by atoms with E-state index in [9.17, 15) is 4.79 Å². The van der Waals surface area contributed by atoms with Crippen molar-refractivity contribution in [2.45, 2.75) is 32.1 Å². The molecule has 1 N–H and O–H groups in total. The largest absolute Gasteiger partial charge is 0.303 e. The highest BCUT2D eigenvalue weighted by Gasteiger charge is 2.19. The first-order chi connectivity index (χ1) is 10.3. The number of aromatic amines is 1. The van der Waals surface area contributed by atoms with Crippen molar-refractivity contribution in [3.05, 3.63) is 39.3 Å². The summed E-state index contributed by atoms with van der Waals surface area (Å²) >= 11 is 1.65. The number of aryl methyl sites for hydroxylation is 2. The molecule has 21 heavy (non-hydrogen) atoms. The molecule has 3 aromatic heterocycles. The molecular weight excluding hydrogens is 284 g/mol. The third kappa shape index (κ3) is 2.15. The summed E-state index contributed by atoms with van der Waals surface area (Å²) in [5, 5.41) is 0.775. The van der Waals surface area contributed by atoms with Crippen LogP contribution >= 0.6 is 11.3 Å². The monoisotopic (exact) mass is 298 g/mol. The first-order valence-electron chi connectivity index (χ1n) is 7.15. The van der Waals surface area contributed by atoms with Gasteiger partial charge in [0.2, 0.25) is 0 Å². The summed E-state index contributed by atoms with van der Waals surface area (Å²) < 4.78 is 0. The second kappa shape index (κ2) is 5.04. The quantitative estimate of drug-likeness (QED) is 0.701. The molecule has 4 rings (SSSR count). The standard InChI is InChI=1S/C15H14N4OS/c20-14-11-9-5-2-1-3-6-10(9)21-15(11)19-13(18-14)12-16-7-4-8-17-12/h4,7-8H,1-3,5-6H2,(H,18,19,20).